The van der Waals surface area contributed by atoms with Crippen LogP contribution in [0.25, 0.3) is 0 Å². The Bertz CT molecular complexity index is 354. The van der Waals surface area contributed by atoms with Gasteiger partial charge in [-0.15, -0.1) is 10.2 Å². The van der Waals surface area contributed by atoms with E-state index in [0.29, 0.717) is 17.9 Å². The van der Waals surface area contributed by atoms with Crippen LogP contribution in [0.1, 0.15) is 45.4 Å². The highest BCUT2D eigenvalue weighted by Crippen LogP contribution is 2.24. The summed E-state index contributed by atoms with van der Waals surface area (Å²) in [5, 5.41) is 12.2. The third kappa shape index (κ3) is 2.12. The molecule has 1 aromatic rings. The molecule has 0 saturated heterocycles. The molecule has 2 rings (SSSR count). The maximum Gasteiger partial charge on any atom is 0.150 e. The summed E-state index contributed by atoms with van der Waals surface area (Å²) < 4.78 is 2.31. The van der Waals surface area contributed by atoms with E-state index in [1.165, 1.54) is 0 Å². The van der Waals surface area contributed by atoms with Crippen LogP contribution in [-0.2, 0) is 13.0 Å². The molecule has 0 radical (unpaired) electrons. The number of rotatable bonds is 3. The Hall–Kier alpha value is -0.900. The molecule has 1 aromatic heterocycles. The van der Waals surface area contributed by atoms with Crippen molar-refractivity contribution < 1.29 is 0 Å². The number of nitrogens with one attached hydrogen (secondary N) is 1. The molecule has 4 heteroatoms. The van der Waals surface area contributed by atoms with E-state index in [0.717, 1.165) is 31.2 Å². The van der Waals surface area contributed by atoms with Crippen molar-refractivity contribution in [3.63, 3.8) is 0 Å². The van der Waals surface area contributed by atoms with E-state index in [-0.39, 0.29) is 0 Å². The fraction of sp³-hybridized carbons (Fsp3) is 0.833. The number of hydrogen-bond acceptors (Lipinski definition) is 3. The van der Waals surface area contributed by atoms with Crippen LogP contribution in [0.5, 0.6) is 0 Å². The molecular weight excluding hydrogens is 200 g/mol. The molecule has 2 heterocycles. The first-order valence-corrected chi connectivity index (χ1v) is 6.25. The van der Waals surface area contributed by atoms with Crippen molar-refractivity contribution in [1.82, 2.24) is 20.1 Å². The minimum absolute atomic E-state index is 0.363. The van der Waals surface area contributed by atoms with Gasteiger partial charge in [0.2, 0.25) is 0 Å². The highest BCUT2D eigenvalue weighted by Gasteiger charge is 2.26. The van der Waals surface area contributed by atoms with Gasteiger partial charge in [-0.05, 0) is 11.8 Å². The van der Waals surface area contributed by atoms with Gasteiger partial charge in [-0.25, -0.2) is 0 Å². The number of nitrogens with zero attached hydrogens (tertiary/aromatic N) is 3. The summed E-state index contributed by atoms with van der Waals surface area (Å²) in [6.07, 6.45) is 1.03. The second-order valence-corrected chi connectivity index (χ2v) is 5.40. The first-order chi connectivity index (χ1) is 7.59. The van der Waals surface area contributed by atoms with Gasteiger partial charge in [0.15, 0.2) is 5.82 Å². The highest BCUT2D eigenvalue weighted by atomic mass is 15.3. The summed E-state index contributed by atoms with van der Waals surface area (Å²) in [6.45, 7) is 10.9. The molecule has 0 spiro atoms. The monoisotopic (exact) mass is 222 g/mol. The Labute approximate surface area is 97.5 Å². The van der Waals surface area contributed by atoms with Gasteiger partial charge in [0, 0.05) is 19.5 Å². The maximum atomic E-state index is 4.36. The van der Waals surface area contributed by atoms with Crippen molar-refractivity contribution in [1.29, 1.82) is 0 Å². The van der Waals surface area contributed by atoms with Crippen LogP contribution in [0.3, 0.4) is 0 Å². The first kappa shape index (κ1) is 11.6. The molecule has 4 nitrogen and oxygen atoms in total. The van der Waals surface area contributed by atoms with Crippen LogP contribution in [0.15, 0.2) is 0 Å². The van der Waals surface area contributed by atoms with E-state index in [2.05, 4.69) is 47.8 Å². The Morgan fingerprint density at radius 3 is 2.69 bits per heavy atom. The predicted molar refractivity (Wildman–Crippen MR) is 64.1 cm³/mol. The minimum atomic E-state index is 0.363. The van der Waals surface area contributed by atoms with Gasteiger partial charge in [-0.3, -0.25) is 0 Å². The molecule has 90 valence electrons. The second kappa shape index (κ2) is 4.53. The zero-order chi connectivity index (χ0) is 11.7. The van der Waals surface area contributed by atoms with Crippen molar-refractivity contribution in [3.8, 4) is 0 Å². The van der Waals surface area contributed by atoms with Crippen LogP contribution in [-0.4, -0.2) is 21.3 Å². The molecule has 1 N–H and O–H groups in total. The smallest absolute Gasteiger partial charge is 0.150 e. The number of fused-ring (bicyclic) bond motifs is 1. The molecule has 0 amide bonds. The number of hydrogen-bond donors (Lipinski definition) is 1. The van der Waals surface area contributed by atoms with Gasteiger partial charge in [0.25, 0.3) is 0 Å². The highest BCUT2D eigenvalue weighted by molar-refractivity contribution is 5.05. The molecular formula is C12H22N4. The van der Waals surface area contributed by atoms with Crippen molar-refractivity contribution >= 4 is 0 Å². The topological polar surface area (TPSA) is 42.7 Å². The molecule has 0 saturated carbocycles. The molecule has 1 atom stereocenters. The Balaban J connectivity index is 2.27. The van der Waals surface area contributed by atoms with E-state index < -0.39 is 0 Å². The third-order valence-electron chi connectivity index (χ3n) is 3.09. The van der Waals surface area contributed by atoms with Crippen LogP contribution in [0, 0.1) is 11.8 Å². The zero-order valence-electron chi connectivity index (χ0n) is 10.7. The molecule has 1 aliphatic rings. The minimum Gasteiger partial charge on any atom is -0.312 e. The lowest BCUT2D eigenvalue weighted by Crippen LogP contribution is -2.37. The second-order valence-electron chi connectivity index (χ2n) is 5.40. The van der Waals surface area contributed by atoms with Crippen molar-refractivity contribution in [3.05, 3.63) is 11.6 Å². The Kier molecular flexibility index (Phi) is 3.28. The van der Waals surface area contributed by atoms with Gasteiger partial charge in [-0.2, -0.15) is 0 Å². The summed E-state index contributed by atoms with van der Waals surface area (Å²) in [7, 11) is 0. The molecule has 16 heavy (non-hydrogen) atoms. The van der Waals surface area contributed by atoms with Gasteiger partial charge in [0.05, 0.1) is 6.04 Å². The quantitative estimate of drug-likeness (QED) is 0.847. The zero-order valence-corrected chi connectivity index (χ0v) is 10.7. The van der Waals surface area contributed by atoms with Crippen molar-refractivity contribution in [2.75, 3.05) is 6.54 Å². The lowest BCUT2D eigenvalue weighted by Gasteiger charge is -2.27. The Morgan fingerprint density at radius 2 is 2.06 bits per heavy atom. The van der Waals surface area contributed by atoms with Crippen LogP contribution in [0.2, 0.25) is 0 Å². The normalized spacial score (nSPS) is 20.5. The fourth-order valence-electron chi connectivity index (χ4n) is 2.30. The molecule has 1 unspecified atom stereocenters. The van der Waals surface area contributed by atoms with Gasteiger partial charge < -0.3 is 9.88 Å². The van der Waals surface area contributed by atoms with Gasteiger partial charge in [-0.1, -0.05) is 27.7 Å². The van der Waals surface area contributed by atoms with Crippen LogP contribution >= 0.6 is 0 Å². The van der Waals surface area contributed by atoms with E-state index in [1.807, 2.05) is 0 Å². The van der Waals surface area contributed by atoms with Crippen LogP contribution in [0.4, 0.5) is 0 Å². The average molecular weight is 222 g/mol. The Morgan fingerprint density at radius 1 is 1.31 bits per heavy atom. The number of aromatic nitrogens is 3. The third-order valence-corrected chi connectivity index (χ3v) is 3.09. The maximum absolute atomic E-state index is 4.36. The SMILES string of the molecule is CC(C)Cc1nnc2n1CCNC2C(C)C. The average Bonchev–Trinajstić information content (AvgIpc) is 2.60. The van der Waals surface area contributed by atoms with Gasteiger partial charge in [0.1, 0.15) is 5.82 Å². The van der Waals surface area contributed by atoms with E-state index in [9.17, 15) is 0 Å². The van der Waals surface area contributed by atoms with E-state index in [4.69, 9.17) is 0 Å². The summed E-state index contributed by atoms with van der Waals surface area (Å²) in [5.41, 5.74) is 0. The summed E-state index contributed by atoms with van der Waals surface area (Å²) >= 11 is 0. The molecule has 1 aliphatic heterocycles. The predicted octanol–water partition coefficient (Wildman–Crippen LogP) is 1.78. The summed E-state index contributed by atoms with van der Waals surface area (Å²) in [4.78, 5) is 0. The van der Waals surface area contributed by atoms with Crippen LogP contribution < -0.4 is 5.32 Å². The first-order valence-electron chi connectivity index (χ1n) is 6.25. The van der Waals surface area contributed by atoms with E-state index >= 15 is 0 Å². The van der Waals surface area contributed by atoms with Gasteiger partial charge >= 0.3 is 0 Å². The molecule has 0 bridgehead atoms. The summed E-state index contributed by atoms with van der Waals surface area (Å²) in [6, 6.07) is 0.363. The molecule has 0 aliphatic carbocycles. The molecule has 0 aromatic carbocycles. The van der Waals surface area contributed by atoms with Crippen molar-refractivity contribution in [2.45, 2.75) is 46.7 Å². The summed E-state index contributed by atoms with van der Waals surface area (Å²) in [5.74, 6) is 3.48. The standard InChI is InChI=1S/C12H22N4/c1-8(2)7-10-14-15-12-11(9(3)4)13-5-6-16(10)12/h8-9,11,13H,5-7H2,1-4H3. The molecule has 0 fully saturated rings. The van der Waals surface area contributed by atoms with Crippen molar-refractivity contribution in [2.24, 2.45) is 11.8 Å². The lowest BCUT2D eigenvalue weighted by molar-refractivity contribution is 0.333. The largest absolute Gasteiger partial charge is 0.312 e. The fourth-order valence-corrected chi connectivity index (χ4v) is 2.30. The lowest BCUT2D eigenvalue weighted by atomic mass is 10.0. The van der Waals surface area contributed by atoms with E-state index in [1.54, 1.807) is 0 Å².